The number of aromatic amines is 1. The highest BCUT2D eigenvalue weighted by molar-refractivity contribution is 6.07. The Morgan fingerprint density at radius 2 is 2.29 bits per heavy atom. The summed E-state index contributed by atoms with van der Waals surface area (Å²) < 4.78 is 0. The van der Waals surface area contributed by atoms with Gasteiger partial charge in [0.1, 0.15) is 18.3 Å². The van der Waals surface area contributed by atoms with E-state index in [1.165, 1.54) is 13.1 Å². The van der Waals surface area contributed by atoms with Gasteiger partial charge in [-0.1, -0.05) is 0 Å². The SMILES string of the molecule is CC1C(=O)NC(=O)CN1C(=O)c1[nH]ncc1N. The van der Waals surface area contributed by atoms with Crippen molar-refractivity contribution >= 4 is 23.4 Å². The summed E-state index contributed by atoms with van der Waals surface area (Å²) in [6.07, 6.45) is 1.30. The summed E-state index contributed by atoms with van der Waals surface area (Å²) in [6.45, 7) is 1.36. The van der Waals surface area contributed by atoms with Gasteiger partial charge in [-0.05, 0) is 6.92 Å². The van der Waals surface area contributed by atoms with Gasteiger partial charge in [0.2, 0.25) is 11.8 Å². The van der Waals surface area contributed by atoms with Crippen LogP contribution in [0.15, 0.2) is 6.20 Å². The molecule has 2 rings (SSSR count). The van der Waals surface area contributed by atoms with Crippen LogP contribution in [0.25, 0.3) is 0 Å². The predicted octanol–water partition coefficient (Wildman–Crippen LogP) is -1.52. The average molecular weight is 237 g/mol. The van der Waals surface area contributed by atoms with Crippen molar-refractivity contribution in [3.05, 3.63) is 11.9 Å². The molecule has 3 amide bonds. The summed E-state index contributed by atoms with van der Waals surface area (Å²) in [6, 6.07) is -0.720. The van der Waals surface area contributed by atoms with Crippen molar-refractivity contribution in [3.8, 4) is 0 Å². The standard InChI is InChI=1S/C9H11N5O3/c1-4-8(16)12-6(15)3-14(4)9(17)7-5(10)2-11-13-7/h2,4H,3,10H2,1H3,(H,11,13)(H,12,15,16). The van der Waals surface area contributed by atoms with E-state index >= 15 is 0 Å². The van der Waals surface area contributed by atoms with E-state index in [-0.39, 0.29) is 17.9 Å². The Hall–Kier alpha value is -2.38. The number of hydrogen-bond donors (Lipinski definition) is 3. The van der Waals surface area contributed by atoms with E-state index in [9.17, 15) is 14.4 Å². The van der Waals surface area contributed by atoms with E-state index in [0.29, 0.717) is 0 Å². The Labute approximate surface area is 96.1 Å². The minimum absolute atomic E-state index is 0.0827. The van der Waals surface area contributed by atoms with Crippen molar-refractivity contribution in [2.45, 2.75) is 13.0 Å². The molecule has 0 spiro atoms. The van der Waals surface area contributed by atoms with Gasteiger partial charge in [0.25, 0.3) is 5.91 Å². The lowest BCUT2D eigenvalue weighted by Crippen LogP contribution is -2.58. The van der Waals surface area contributed by atoms with Crippen LogP contribution in [0.1, 0.15) is 17.4 Å². The van der Waals surface area contributed by atoms with Crippen LogP contribution in [0.3, 0.4) is 0 Å². The lowest BCUT2D eigenvalue weighted by Gasteiger charge is -2.31. The monoisotopic (exact) mass is 237 g/mol. The first-order valence-electron chi connectivity index (χ1n) is 4.94. The number of nitrogens with zero attached hydrogens (tertiary/aromatic N) is 2. The number of imide groups is 1. The molecule has 8 heteroatoms. The van der Waals surface area contributed by atoms with E-state index < -0.39 is 23.8 Å². The van der Waals surface area contributed by atoms with Gasteiger partial charge in [-0.15, -0.1) is 0 Å². The number of nitrogens with one attached hydrogen (secondary N) is 2. The molecule has 1 aromatic heterocycles. The van der Waals surface area contributed by atoms with E-state index in [4.69, 9.17) is 5.73 Å². The van der Waals surface area contributed by atoms with Crippen LogP contribution in [-0.2, 0) is 9.59 Å². The van der Waals surface area contributed by atoms with Crippen LogP contribution >= 0.6 is 0 Å². The van der Waals surface area contributed by atoms with Gasteiger partial charge in [-0.25, -0.2) is 0 Å². The smallest absolute Gasteiger partial charge is 0.275 e. The second-order valence-electron chi connectivity index (χ2n) is 3.72. The summed E-state index contributed by atoms with van der Waals surface area (Å²) in [5.41, 5.74) is 5.80. The van der Waals surface area contributed by atoms with Crippen LogP contribution in [0.4, 0.5) is 5.69 Å². The number of H-pyrrole nitrogens is 1. The molecule has 8 nitrogen and oxygen atoms in total. The zero-order valence-corrected chi connectivity index (χ0v) is 9.06. The molecule has 0 saturated carbocycles. The Morgan fingerprint density at radius 1 is 1.59 bits per heavy atom. The number of nitrogens with two attached hydrogens (primary N) is 1. The third-order valence-corrected chi connectivity index (χ3v) is 2.57. The minimum Gasteiger partial charge on any atom is -0.396 e. The molecule has 0 aromatic carbocycles. The van der Waals surface area contributed by atoms with Crippen LogP contribution < -0.4 is 11.1 Å². The van der Waals surface area contributed by atoms with Crippen molar-refractivity contribution in [3.63, 3.8) is 0 Å². The number of aromatic nitrogens is 2. The zero-order chi connectivity index (χ0) is 12.6. The molecular weight excluding hydrogens is 226 g/mol. The maximum Gasteiger partial charge on any atom is 0.275 e. The fraction of sp³-hybridized carbons (Fsp3) is 0.333. The van der Waals surface area contributed by atoms with Gasteiger partial charge >= 0.3 is 0 Å². The van der Waals surface area contributed by atoms with Gasteiger partial charge < -0.3 is 10.6 Å². The largest absolute Gasteiger partial charge is 0.396 e. The third kappa shape index (κ3) is 1.84. The van der Waals surface area contributed by atoms with E-state index in [1.54, 1.807) is 0 Å². The average Bonchev–Trinajstić information content (AvgIpc) is 2.69. The number of amides is 3. The van der Waals surface area contributed by atoms with Gasteiger partial charge in [-0.3, -0.25) is 24.8 Å². The highest BCUT2D eigenvalue weighted by Crippen LogP contribution is 2.14. The van der Waals surface area contributed by atoms with Crippen molar-refractivity contribution in [1.29, 1.82) is 0 Å². The maximum atomic E-state index is 12.0. The number of carbonyl (C=O) groups is 3. The first kappa shape index (κ1) is 11.1. The highest BCUT2D eigenvalue weighted by Gasteiger charge is 2.35. The molecule has 17 heavy (non-hydrogen) atoms. The molecule has 1 atom stereocenters. The molecule has 2 heterocycles. The molecule has 0 aliphatic carbocycles. The number of nitrogen functional groups attached to an aromatic ring is 1. The fourth-order valence-corrected chi connectivity index (χ4v) is 1.57. The summed E-state index contributed by atoms with van der Waals surface area (Å²) in [4.78, 5) is 35.8. The second kappa shape index (κ2) is 3.89. The number of hydrogen-bond acceptors (Lipinski definition) is 5. The molecule has 4 N–H and O–H groups in total. The first-order chi connectivity index (χ1) is 8.00. The van der Waals surface area contributed by atoms with Crippen molar-refractivity contribution in [2.75, 3.05) is 12.3 Å². The van der Waals surface area contributed by atoms with Gasteiger partial charge in [-0.2, -0.15) is 5.10 Å². The lowest BCUT2D eigenvalue weighted by atomic mass is 10.2. The van der Waals surface area contributed by atoms with Gasteiger partial charge in [0.15, 0.2) is 0 Å². The third-order valence-electron chi connectivity index (χ3n) is 2.57. The molecule has 1 fully saturated rings. The molecule has 0 bridgehead atoms. The predicted molar refractivity (Wildman–Crippen MR) is 56.6 cm³/mol. The van der Waals surface area contributed by atoms with Crippen LogP contribution in [0.5, 0.6) is 0 Å². The quantitative estimate of drug-likeness (QED) is 0.512. The number of carbonyl (C=O) groups excluding carboxylic acids is 3. The molecule has 1 aliphatic heterocycles. The fourth-order valence-electron chi connectivity index (χ4n) is 1.57. The minimum atomic E-state index is -0.720. The van der Waals surface area contributed by atoms with E-state index in [2.05, 4.69) is 15.5 Å². The summed E-state index contributed by atoms with van der Waals surface area (Å²) in [5, 5.41) is 8.21. The molecule has 90 valence electrons. The van der Waals surface area contributed by atoms with Crippen LogP contribution in [-0.4, -0.2) is 45.4 Å². The Balaban J connectivity index is 2.27. The Bertz CT molecular complexity index is 495. The summed E-state index contributed by atoms with van der Waals surface area (Å²) in [5.74, 6) is -1.54. The molecule has 1 unspecified atom stereocenters. The highest BCUT2D eigenvalue weighted by atomic mass is 16.2. The number of anilines is 1. The zero-order valence-electron chi connectivity index (χ0n) is 9.06. The summed E-state index contributed by atoms with van der Waals surface area (Å²) >= 11 is 0. The van der Waals surface area contributed by atoms with Gasteiger partial charge in [0, 0.05) is 0 Å². The first-order valence-corrected chi connectivity index (χ1v) is 4.94. The van der Waals surface area contributed by atoms with Crippen LogP contribution in [0.2, 0.25) is 0 Å². The summed E-state index contributed by atoms with van der Waals surface area (Å²) in [7, 11) is 0. The van der Waals surface area contributed by atoms with Gasteiger partial charge in [0.05, 0.1) is 11.9 Å². The molecular formula is C9H11N5O3. The lowest BCUT2D eigenvalue weighted by molar-refractivity contribution is -0.138. The molecule has 1 aliphatic rings. The van der Waals surface area contributed by atoms with E-state index in [0.717, 1.165) is 4.90 Å². The van der Waals surface area contributed by atoms with E-state index in [1.807, 2.05) is 0 Å². The Kier molecular flexibility index (Phi) is 2.54. The van der Waals surface area contributed by atoms with Crippen molar-refractivity contribution in [1.82, 2.24) is 20.4 Å². The topological polar surface area (TPSA) is 121 Å². The van der Waals surface area contributed by atoms with Crippen molar-refractivity contribution < 1.29 is 14.4 Å². The van der Waals surface area contributed by atoms with Crippen LogP contribution in [0, 0.1) is 0 Å². The maximum absolute atomic E-state index is 12.0. The van der Waals surface area contributed by atoms with Crippen molar-refractivity contribution in [2.24, 2.45) is 0 Å². The second-order valence-corrected chi connectivity index (χ2v) is 3.72. The normalized spacial score (nSPS) is 20.3. The molecule has 0 radical (unpaired) electrons. The number of rotatable bonds is 1. The molecule has 1 aromatic rings. The molecule has 1 saturated heterocycles. The number of piperazine rings is 1. The Morgan fingerprint density at radius 3 is 2.88 bits per heavy atom.